The molecule has 2 aliphatic rings. The second-order valence-electron chi connectivity index (χ2n) is 21.0. The van der Waals surface area contributed by atoms with Crippen LogP contribution in [0, 0.1) is 11.8 Å². The Bertz CT molecular complexity index is 3390. The number of hydrogen-bond donors (Lipinski definition) is 4. The molecule has 0 aliphatic carbocycles. The van der Waals surface area contributed by atoms with Crippen molar-refractivity contribution in [2.45, 2.75) is 83.8 Å². The number of rotatable bonds is 20. The summed E-state index contributed by atoms with van der Waals surface area (Å²) in [4.78, 5) is 102. The third kappa shape index (κ3) is 12.9. The summed E-state index contributed by atoms with van der Waals surface area (Å²) in [5, 5.41) is 14.7. The van der Waals surface area contributed by atoms with Gasteiger partial charge in [-0.05, 0) is 69.5 Å². The lowest BCUT2D eigenvalue weighted by molar-refractivity contribution is -0.124. The van der Waals surface area contributed by atoms with Gasteiger partial charge in [-0.2, -0.15) is 0 Å². The average molecular weight is 1080 g/mol. The van der Waals surface area contributed by atoms with Crippen molar-refractivity contribution in [3.63, 3.8) is 0 Å². The highest BCUT2D eigenvalue weighted by Gasteiger charge is 2.47. The van der Waals surface area contributed by atoms with Gasteiger partial charge < -0.3 is 39.9 Å². The second-order valence-corrected chi connectivity index (χ2v) is 21.0. The number of nitrogens with one attached hydrogen (secondary N) is 4. The van der Waals surface area contributed by atoms with Crippen molar-refractivity contribution in [1.82, 2.24) is 41.2 Å². The van der Waals surface area contributed by atoms with Crippen LogP contribution in [0.3, 0.4) is 0 Å². The van der Waals surface area contributed by atoms with Gasteiger partial charge in [0, 0.05) is 55.2 Å². The number of benzene rings is 6. The fourth-order valence-corrected chi connectivity index (χ4v) is 10.3. The van der Waals surface area contributed by atoms with Crippen LogP contribution < -0.4 is 30.6 Å². The molecule has 8 aromatic rings. The van der Waals surface area contributed by atoms with Crippen LogP contribution in [0.4, 0.5) is 0 Å². The number of carbonyl (C=O) groups is 6. The van der Waals surface area contributed by atoms with Crippen LogP contribution in [-0.2, 0) is 38.2 Å². The first-order valence-corrected chi connectivity index (χ1v) is 26.9. The molecule has 0 spiro atoms. The minimum atomic E-state index is -1.34. The van der Waals surface area contributed by atoms with Crippen molar-refractivity contribution >= 4 is 71.3 Å². The normalized spacial score (nSPS) is 14.3. The highest BCUT2D eigenvalue weighted by Crippen LogP contribution is 2.43. The van der Waals surface area contributed by atoms with E-state index in [1.165, 1.54) is 37.2 Å². The maximum atomic E-state index is 14.6. The van der Waals surface area contributed by atoms with Gasteiger partial charge in [0.2, 0.25) is 11.8 Å². The third-order valence-corrected chi connectivity index (χ3v) is 14.1. The molecule has 4 heterocycles. The molecule has 4 N–H and O–H groups in total. The summed E-state index contributed by atoms with van der Waals surface area (Å²) in [5.74, 6) is -5.12. The van der Waals surface area contributed by atoms with Crippen molar-refractivity contribution in [2.75, 3.05) is 0 Å². The van der Waals surface area contributed by atoms with E-state index in [9.17, 15) is 28.8 Å². The van der Waals surface area contributed by atoms with Crippen molar-refractivity contribution in [3.05, 3.63) is 203 Å². The summed E-state index contributed by atoms with van der Waals surface area (Å²) in [5.41, 5.74) is 3.08. The SMILES string of the molecule is CC(C)CC(NC(=O)[C@H](Cc1ccccc1)NC(=O)c1cnccn1)B1OC(=O)c2cc3ccccc3c(Cc3c4c(cc5ccccc35)C(=O)OB([C@H](CC(C)C)NC(=O)[C@H](Cc3ccccc3)NC(=O)c3cnccn3)O4)c2O1. The predicted octanol–water partition coefficient (Wildman–Crippen LogP) is 7.46. The molecule has 0 saturated heterocycles. The monoisotopic (exact) mass is 1080 g/mol. The van der Waals surface area contributed by atoms with Gasteiger partial charge in [-0.15, -0.1) is 0 Å². The standard InChI is InChI=1S/C61H58B2N8O10/c1-36(2)27-52(70-56(72)48(29-38-15-7-5-8-16-38)68-58(74)50-34-64-23-25-66-50)62-78-54-44(42-21-13-11-19-40(42)31-46(54)60(76)80-62)33-45-43-22-14-12-20-41(43)32-47-55(45)79-63(81-61(47)77)53(28-37(3)4)71-57(73)49(30-39-17-9-6-10-18-39)69-59(75)51-35-65-24-26-67-51/h5-26,31-32,34-37,48-49,52-53H,27-30,33H2,1-4H3,(H,68,74)(H,69,75)(H,70,72)(H,71,73)/t48-,49-,52-,53?/m0/s1. The van der Waals surface area contributed by atoms with Gasteiger partial charge in [0.25, 0.3) is 11.8 Å². The summed E-state index contributed by atoms with van der Waals surface area (Å²) >= 11 is 0. The van der Waals surface area contributed by atoms with E-state index in [2.05, 4.69) is 41.2 Å². The summed E-state index contributed by atoms with van der Waals surface area (Å²) in [6.07, 6.45) is 9.22. The number of aromatic nitrogens is 4. The lowest BCUT2D eigenvalue weighted by atomic mass is 9.72. The second kappa shape index (κ2) is 24.7. The van der Waals surface area contributed by atoms with E-state index < -0.39 is 73.8 Å². The van der Waals surface area contributed by atoms with Gasteiger partial charge in [0.05, 0.1) is 35.4 Å². The van der Waals surface area contributed by atoms with Crippen LogP contribution >= 0.6 is 0 Å². The maximum Gasteiger partial charge on any atom is 0.620 e. The van der Waals surface area contributed by atoms with Crippen molar-refractivity contribution in [3.8, 4) is 11.5 Å². The van der Waals surface area contributed by atoms with Crippen molar-refractivity contribution in [1.29, 1.82) is 0 Å². The van der Waals surface area contributed by atoms with Crippen LogP contribution in [0.2, 0.25) is 0 Å². The smallest absolute Gasteiger partial charge is 0.524 e. The number of amides is 4. The summed E-state index contributed by atoms with van der Waals surface area (Å²) in [6.45, 7) is 7.87. The highest BCUT2D eigenvalue weighted by molar-refractivity contribution is 6.52. The molecule has 0 radical (unpaired) electrons. The molecule has 20 heteroatoms. The van der Waals surface area contributed by atoms with E-state index in [4.69, 9.17) is 18.6 Å². The first-order valence-electron chi connectivity index (χ1n) is 26.9. The van der Waals surface area contributed by atoms with E-state index in [0.717, 1.165) is 21.9 Å². The lowest BCUT2D eigenvalue weighted by Crippen LogP contribution is -2.58. The van der Waals surface area contributed by atoms with Gasteiger partial charge in [0.15, 0.2) is 0 Å². The molecular weight excluding hydrogens is 1030 g/mol. The molecule has 1 unspecified atom stereocenters. The molecule has 408 valence electrons. The summed E-state index contributed by atoms with van der Waals surface area (Å²) < 4.78 is 26.0. The molecule has 6 aromatic carbocycles. The summed E-state index contributed by atoms with van der Waals surface area (Å²) in [7, 11) is -2.67. The van der Waals surface area contributed by atoms with E-state index >= 15 is 0 Å². The van der Waals surface area contributed by atoms with E-state index in [0.29, 0.717) is 34.7 Å². The topological polar surface area (TPSA) is 239 Å². The van der Waals surface area contributed by atoms with E-state index in [-0.39, 0.29) is 65.1 Å². The molecule has 2 aliphatic heterocycles. The van der Waals surface area contributed by atoms with Gasteiger partial charge in [0.1, 0.15) is 35.0 Å². The Morgan fingerprint density at radius 1 is 0.494 bits per heavy atom. The van der Waals surface area contributed by atoms with Crippen LogP contribution in [0.25, 0.3) is 21.5 Å². The molecule has 0 bridgehead atoms. The number of hydrogen-bond acceptors (Lipinski definition) is 14. The molecule has 4 atom stereocenters. The quantitative estimate of drug-likeness (QED) is 0.0542. The lowest BCUT2D eigenvalue weighted by Gasteiger charge is -2.33. The number of nitrogens with zero attached hydrogens (tertiary/aromatic N) is 4. The molecular formula is C61H58B2N8O10. The predicted molar refractivity (Wildman–Crippen MR) is 304 cm³/mol. The molecule has 0 saturated carbocycles. The Morgan fingerprint density at radius 2 is 0.889 bits per heavy atom. The fourth-order valence-electron chi connectivity index (χ4n) is 10.3. The Labute approximate surface area is 468 Å². The van der Waals surface area contributed by atoms with Crippen molar-refractivity contribution in [2.24, 2.45) is 11.8 Å². The van der Waals surface area contributed by atoms with Crippen LogP contribution in [0.5, 0.6) is 11.5 Å². The number of carbonyl (C=O) groups excluding carboxylic acids is 6. The zero-order valence-electron chi connectivity index (χ0n) is 45.0. The van der Waals surface area contributed by atoms with Gasteiger partial charge in [-0.1, -0.05) is 137 Å². The van der Waals surface area contributed by atoms with Gasteiger partial charge in [-0.3, -0.25) is 29.1 Å². The van der Waals surface area contributed by atoms with Gasteiger partial charge in [-0.25, -0.2) is 19.6 Å². The average Bonchev–Trinajstić information content (AvgIpc) is 3.64. The number of fused-ring (bicyclic) bond motifs is 4. The van der Waals surface area contributed by atoms with Crippen LogP contribution in [-0.4, -0.2) is 93.7 Å². The van der Waals surface area contributed by atoms with Gasteiger partial charge >= 0.3 is 26.2 Å². The van der Waals surface area contributed by atoms with E-state index in [1.807, 2.05) is 137 Å². The van der Waals surface area contributed by atoms with Crippen LogP contribution in [0.15, 0.2) is 159 Å². The molecule has 81 heavy (non-hydrogen) atoms. The minimum absolute atomic E-state index is 0.0286. The Morgan fingerprint density at radius 3 is 1.27 bits per heavy atom. The van der Waals surface area contributed by atoms with Crippen molar-refractivity contribution < 1.29 is 47.4 Å². The first kappa shape index (κ1) is 54.9. The van der Waals surface area contributed by atoms with Crippen LogP contribution in [0.1, 0.15) is 104 Å². The Balaban J connectivity index is 0.992. The largest absolute Gasteiger partial charge is 0.620 e. The minimum Gasteiger partial charge on any atom is -0.524 e. The maximum absolute atomic E-state index is 14.6. The van der Waals surface area contributed by atoms with E-state index in [1.54, 1.807) is 12.1 Å². The highest BCUT2D eigenvalue weighted by atomic mass is 16.6. The third-order valence-electron chi connectivity index (χ3n) is 14.1. The molecule has 10 rings (SSSR count). The fraction of sp³-hybridized carbons (Fsp3) is 0.246. The zero-order chi connectivity index (χ0) is 56.6. The summed E-state index contributed by atoms with van der Waals surface area (Å²) in [6, 6.07) is 34.8. The molecule has 18 nitrogen and oxygen atoms in total. The Kier molecular flexibility index (Phi) is 16.7. The Hall–Kier alpha value is -9.45. The first-order chi connectivity index (χ1) is 39.3. The zero-order valence-corrected chi connectivity index (χ0v) is 45.0. The molecule has 0 fully saturated rings. The molecule has 2 aromatic heterocycles. The molecule has 4 amide bonds.